The summed E-state index contributed by atoms with van der Waals surface area (Å²) in [6, 6.07) is 6.16. The number of hydrogen-bond donors (Lipinski definition) is 1. The molecule has 2 aromatic rings. The predicted octanol–water partition coefficient (Wildman–Crippen LogP) is 2.73. The molecule has 3 nitrogen and oxygen atoms in total. The fourth-order valence-corrected chi connectivity index (χ4v) is 2.66. The SMILES string of the molecule is C#CCn1c(C(N)CCSC)nc2cc(C)ccc21. The molecule has 0 aliphatic carbocycles. The van der Waals surface area contributed by atoms with E-state index < -0.39 is 0 Å². The van der Waals surface area contributed by atoms with Crippen LogP contribution in [0.2, 0.25) is 0 Å². The van der Waals surface area contributed by atoms with E-state index in [1.807, 2.05) is 0 Å². The summed E-state index contributed by atoms with van der Waals surface area (Å²) < 4.78 is 2.06. The number of terminal acetylenes is 1. The molecule has 1 atom stereocenters. The first-order chi connectivity index (χ1) is 9.17. The zero-order valence-corrected chi connectivity index (χ0v) is 12.2. The number of rotatable bonds is 5. The molecule has 0 aliphatic rings. The molecule has 0 aliphatic heterocycles. The lowest BCUT2D eigenvalue weighted by Gasteiger charge is -2.12. The van der Waals surface area contributed by atoms with Crippen molar-refractivity contribution in [2.24, 2.45) is 5.73 Å². The number of benzene rings is 1. The van der Waals surface area contributed by atoms with Gasteiger partial charge in [-0.3, -0.25) is 0 Å². The average molecular weight is 273 g/mol. The summed E-state index contributed by atoms with van der Waals surface area (Å²) in [6.07, 6.45) is 8.46. The maximum absolute atomic E-state index is 6.25. The van der Waals surface area contributed by atoms with Gasteiger partial charge in [0.25, 0.3) is 0 Å². The van der Waals surface area contributed by atoms with Crippen molar-refractivity contribution in [3.63, 3.8) is 0 Å². The Hall–Kier alpha value is -1.44. The van der Waals surface area contributed by atoms with Crippen molar-refractivity contribution in [1.29, 1.82) is 0 Å². The first kappa shape index (κ1) is 14.0. The van der Waals surface area contributed by atoms with Gasteiger partial charge in [-0.1, -0.05) is 12.0 Å². The summed E-state index contributed by atoms with van der Waals surface area (Å²) >= 11 is 1.80. The zero-order chi connectivity index (χ0) is 13.8. The van der Waals surface area contributed by atoms with E-state index in [1.54, 1.807) is 11.8 Å². The third-order valence-corrected chi connectivity index (χ3v) is 3.79. The Morgan fingerprint density at radius 1 is 1.53 bits per heavy atom. The summed E-state index contributed by atoms with van der Waals surface area (Å²) in [5, 5.41) is 0. The molecular formula is C15H19N3S. The molecule has 4 heteroatoms. The van der Waals surface area contributed by atoms with Gasteiger partial charge in [-0.2, -0.15) is 11.8 Å². The fourth-order valence-electron chi connectivity index (χ4n) is 2.17. The number of nitrogens with two attached hydrogens (primary N) is 1. The minimum atomic E-state index is -0.0616. The number of aromatic nitrogens is 2. The largest absolute Gasteiger partial charge is 0.321 e. The van der Waals surface area contributed by atoms with E-state index in [2.05, 4.69) is 46.9 Å². The summed E-state index contributed by atoms with van der Waals surface area (Å²) in [5.74, 6) is 4.61. The second-order valence-electron chi connectivity index (χ2n) is 4.64. The first-order valence-electron chi connectivity index (χ1n) is 6.32. The van der Waals surface area contributed by atoms with Crippen LogP contribution in [0.5, 0.6) is 0 Å². The van der Waals surface area contributed by atoms with Gasteiger partial charge in [-0.05, 0) is 43.0 Å². The van der Waals surface area contributed by atoms with Gasteiger partial charge >= 0.3 is 0 Å². The highest BCUT2D eigenvalue weighted by Crippen LogP contribution is 2.23. The van der Waals surface area contributed by atoms with Crippen molar-refractivity contribution < 1.29 is 0 Å². The Balaban J connectivity index is 2.46. The van der Waals surface area contributed by atoms with E-state index in [-0.39, 0.29) is 6.04 Å². The van der Waals surface area contributed by atoms with Crippen LogP contribution in [-0.2, 0) is 6.54 Å². The number of aryl methyl sites for hydroxylation is 1. The Kier molecular flexibility index (Phi) is 4.52. The smallest absolute Gasteiger partial charge is 0.127 e. The molecule has 0 fully saturated rings. The van der Waals surface area contributed by atoms with Gasteiger partial charge in [-0.15, -0.1) is 6.42 Å². The number of nitrogens with zero attached hydrogens (tertiary/aromatic N) is 2. The minimum absolute atomic E-state index is 0.0616. The predicted molar refractivity (Wildman–Crippen MR) is 83.2 cm³/mol. The maximum atomic E-state index is 6.25. The van der Waals surface area contributed by atoms with E-state index in [0.717, 1.165) is 29.0 Å². The van der Waals surface area contributed by atoms with E-state index in [4.69, 9.17) is 12.2 Å². The summed E-state index contributed by atoms with van der Waals surface area (Å²) in [4.78, 5) is 4.68. The van der Waals surface area contributed by atoms with Crippen molar-refractivity contribution in [3.8, 4) is 12.3 Å². The fraction of sp³-hybridized carbons (Fsp3) is 0.400. The van der Waals surface area contributed by atoms with Crippen LogP contribution in [0.1, 0.15) is 23.9 Å². The third kappa shape index (κ3) is 2.94. The van der Waals surface area contributed by atoms with Crippen LogP contribution in [-0.4, -0.2) is 21.6 Å². The van der Waals surface area contributed by atoms with Crippen LogP contribution in [0.4, 0.5) is 0 Å². The molecule has 100 valence electrons. The average Bonchev–Trinajstić information content (AvgIpc) is 2.74. The molecule has 2 rings (SSSR count). The maximum Gasteiger partial charge on any atom is 0.127 e. The quantitative estimate of drug-likeness (QED) is 0.852. The van der Waals surface area contributed by atoms with Crippen molar-refractivity contribution in [3.05, 3.63) is 29.6 Å². The molecule has 0 saturated carbocycles. The molecule has 0 spiro atoms. The summed E-state index contributed by atoms with van der Waals surface area (Å²) in [5.41, 5.74) is 9.49. The van der Waals surface area contributed by atoms with Gasteiger partial charge < -0.3 is 10.3 Å². The highest BCUT2D eigenvalue weighted by atomic mass is 32.2. The van der Waals surface area contributed by atoms with E-state index in [0.29, 0.717) is 6.54 Å². The van der Waals surface area contributed by atoms with E-state index in [9.17, 15) is 0 Å². The van der Waals surface area contributed by atoms with E-state index >= 15 is 0 Å². The molecule has 19 heavy (non-hydrogen) atoms. The van der Waals surface area contributed by atoms with Gasteiger partial charge in [0.15, 0.2) is 0 Å². The van der Waals surface area contributed by atoms with E-state index in [1.165, 1.54) is 5.56 Å². The van der Waals surface area contributed by atoms with Gasteiger partial charge in [0.05, 0.1) is 23.6 Å². The monoisotopic (exact) mass is 273 g/mol. The molecule has 0 bridgehead atoms. The Morgan fingerprint density at radius 3 is 3.00 bits per heavy atom. The number of imidazole rings is 1. The van der Waals surface area contributed by atoms with Crippen LogP contribution in [0, 0.1) is 19.3 Å². The van der Waals surface area contributed by atoms with Crippen LogP contribution < -0.4 is 5.73 Å². The van der Waals surface area contributed by atoms with Crippen molar-refractivity contribution in [2.75, 3.05) is 12.0 Å². The highest BCUT2D eigenvalue weighted by Gasteiger charge is 2.16. The number of thioether (sulfide) groups is 1. The zero-order valence-electron chi connectivity index (χ0n) is 11.4. The van der Waals surface area contributed by atoms with Gasteiger partial charge in [0.1, 0.15) is 5.82 Å². The van der Waals surface area contributed by atoms with Gasteiger partial charge in [0.2, 0.25) is 0 Å². The van der Waals surface area contributed by atoms with Gasteiger partial charge in [0, 0.05) is 0 Å². The molecule has 0 saturated heterocycles. The Labute approximate surface area is 118 Å². The number of hydrogen-bond acceptors (Lipinski definition) is 3. The van der Waals surface area contributed by atoms with Crippen LogP contribution >= 0.6 is 11.8 Å². The highest BCUT2D eigenvalue weighted by molar-refractivity contribution is 7.98. The molecule has 2 N–H and O–H groups in total. The van der Waals surface area contributed by atoms with Crippen LogP contribution in [0.25, 0.3) is 11.0 Å². The minimum Gasteiger partial charge on any atom is -0.321 e. The third-order valence-electron chi connectivity index (χ3n) is 3.15. The molecule has 1 heterocycles. The molecular weight excluding hydrogens is 254 g/mol. The van der Waals surface area contributed by atoms with Crippen molar-refractivity contribution >= 4 is 22.8 Å². The summed E-state index contributed by atoms with van der Waals surface area (Å²) in [7, 11) is 0. The van der Waals surface area contributed by atoms with Gasteiger partial charge in [-0.25, -0.2) is 4.98 Å². The summed E-state index contributed by atoms with van der Waals surface area (Å²) in [6.45, 7) is 2.58. The first-order valence-corrected chi connectivity index (χ1v) is 7.71. The lowest BCUT2D eigenvalue weighted by Crippen LogP contribution is -2.17. The lowest BCUT2D eigenvalue weighted by molar-refractivity contribution is 0.616. The van der Waals surface area contributed by atoms with Crippen molar-refractivity contribution in [2.45, 2.75) is 25.9 Å². The second-order valence-corrected chi connectivity index (χ2v) is 5.63. The van der Waals surface area contributed by atoms with Crippen molar-refractivity contribution in [1.82, 2.24) is 9.55 Å². The molecule has 0 radical (unpaired) electrons. The lowest BCUT2D eigenvalue weighted by atomic mass is 10.2. The molecule has 1 aromatic heterocycles. The molecule has 1 aromatic carbocycles. The molecule has 1 unspecified atom stereocenters. The second kappa shape index (κ2) is 6.14. The standard InChI is InChI=1S/C15H19N3S/c1-4-8-18-14-6-5-11(2)10-13(14)17-15(18)12(16)7-9-19-3/h1,5-6,10,12H,7-9,16H2,2-3H3. The Morgan fingerprint density at radius 2 is 2.32 bits per heavy atom. The van der Waals surface area contributed by atoms with Crippen LogP contribution in [0.15, 0.2) is 18.2 Å². The number of fused-ring (bicyclic) bond motifs is 1. The normalized spacial score (nSPS) is 12.5. The van der Waals surface area contributed by atoms with Crippen LogP contribution in [0.3, 0.4) is 0 Å². The molecule has 0 amide bonds. The Bertz CT molecular complexity index is 610. The topological polar surface area (TPSA) is 43.8 Å².